The van der Waals surface area contributed by atoms with Crippen molar-refractivity contribution in [3.05, 3.63) is 47.6 Å². The SMILES string of the molecule is C#CCCC1C2CCC3=CC(=C)CCC3(C)C2=CCC1(C)C.C=C(C)CC.CC. The maximum Gasteiger partial charge on any atom is 0.0101 e. The third-order valence-electron chi connectivity index (χ3n) is 7.34. The van der Waals surface area contributed by atoms with Crippen LogP contribution in [0, 0.1) is 35.0 Å². The number of hydrogen-bond acceptors (Lipinski definition) is 0. The lowest BCUT2D eigenvalue weighted by Crippen LogP contribution is -2.43. The van der Waals surface area contributed by atoms with Crippen LogP contribution in [0.5, 0.6) is 0 Å². The summed E-state index contributed by atoms with van der Waals surface area (Å²) >= 11 is 0. The largest absolute Gasteiger partial charge is 0.120 e. The highest BCUT2D eigenvalue weighted by Crippen LogP contribution is 2.60. The normalized spacial score (nSPS) is 29.2. The Morgan fingerprint density at radius 1 is 1.24 bits per heavy atom. The summed E-state index contributed by atoms with van der Waals surface area (Å²) in [6.07, 6.45) is 20.0. The Morgan fingerprint density at radius 3 is 2.41 bits per heavy atom. The van der Waals surface area contributed by atoms with Gasteiger partial charge >= 0.3 is 0 Å². The summed E-state index contributed by atoms with van der Waals surface area (Å²) in [6.45, 7) is 23.4. The molecule has 0 aromatic rings. The van der Waals surface area contributed by atoms with Crippen molar-refractivity contribution < 1.29 is 0 Å². The summed E-state index contributed by atoms with van der Waals surface area (Å²) in [5.41, 5.74) is 6.65. The quantitative estimate of drug-likeness (QED) is 0.331. The average molecular weight is 395 g/mol. The van der Waals surface area contributed by atoms with Crippen molar-refractivity contribution in [2.45, 2.75) is 99.8 Å². The van der Waals surface area contributed by atoms with E-state index in [1.807, 2.05) is 20.8 Å². The summed E-state index contributed by atoms with van der Waals surface area (Å²) in [5.74, 6) is 4.36. The highest BCUT2D eigenvalue weighted by atomic mass is 14.5. The molecule has 29 heavy (non-hydrogen) atoms. The van der Waals surface area contributed by atoms with E-state index in [1.165, 1.54) is 43.3 Å². The van der Waals surface area contributed by atoms with E-state index in [9.17, 15) is 0 Å². The van der Waals surface area contributed by atoms with Gasteiger partial charge in [0.05, 0.1) is 0 Å². The second-order valence-electron chi connectivity index (χ2n) is 9.82. The number of terminal acetylenes is 1. The van der Waals surface area contributed by atoms with Gasteiger partial charge in [0.25, 0.3) is 0 Å². The molecule has 3 aliphatic rings. The third kappa shape index (κ3) is 6.01. The van der Waals surface area contributed by atoms with Gasteiger partial charge in [-0.25, -0.2) is 0 Å². The first-order valence-electron chi connectivity index (χ1n) is 11.8. The predicted molar refractivity (Wildman–Crippen MR) is 132 cm³/mol. The lowest BCUT2D eigenvalue weighted by molar-refractivity contribution is 0.100. The van der Waals surface area contributed by atoms with Crippen LogP contribution in [0.25, 0.3) is 0 Å². The van der Waals surface area contributed by atoms with Gasteiger partial charge in [-0.15, -0.1) is 18.9 Å². The second-order valence-corrected chi connectivity index (χ2v) is 9.82. The summed E-state index contributed by atoms with van der Waals surface area (Å²) in [7, 11) is 0. The number of fused-ring (bicyclic) bond motifs is 3. The molecule has 0 N–H and O–H groups in total. The first-order chi connectivity index (χ1) is 13.7. The zero-order valence-electron chi connectivity index (χ0n) is 20.5. The fraction of sp³-hybridized carbons (Fsp3) is 0.655. The van der Waals surface area contributed by atoms with Crippen molar-refractivity contribution >= 4 is 0 Å². The number of rotatable bonds is 3. The minimum Gasteiger partial charge on any atom is -0.120 e. The molecular weight excluding hydrogens is 348 g/mol. The molecule has 0 saturated heterocycles. The Labute approximate surface area is 182 Å². The van der Waals surface area contributed by atoms with E-state index in [1.54, 1.807) is 11.1 Å². The van der Waals surface area contributed by atoms with Gasteiger partial charge in [-0.3, -0.25) is 0 Å². The smallest absolute Gasteiger partial charge is 0.0101 e. The van der Waals surface area contributed by atoms with E-state index >= 15 is 0 Å². The van der Waals surface area contributed by atoms with Crippen molar-refractivity contribution in [1.82, 2.24) is 0 Å². The van der Waals surface area contributed by atoms with Crippen LogP contribution in [-0.2, 0) is 0 Å². The Kier molecular flexibility index (Phi) is 9.75. The van der Waals surface area contributed by atoms with Crippen LogP contribution in [-0.4, -0.2) is 0 Å². The fourth-order valence-corrected chi connectivity index (χ4v) is 5.30. The number of hydrogen-bond donors (Lipinski definition) is 0. The van der Waals surface area contributed by atoms with E-state index in [-0.39, 0.29) is 0 Å². The first-order valence-corrected chi connectivity index (χ1v) is 11.8. The monoisotopic (exact) mass is 394 g/mol. The Hall–Kier alpha value is -1.48. The van der Waals surface area contributed by atoms with Crippen LogP contribution in [0.2, 0.25) is 0 Å². The van der Waals surface area contributed by atoms with Gasteiger partial charge in [0.1, 0.15) is 0 Å². The topological polar surface area (TPSA) is 0 Å². The maximum absolute atomic E-state index is 5.57. The molecule has 0 spiro atoms. The minimum atomic E-state index is 0.301. The molecule has 0 bridgehead atoms. The standard InChI is InChI=1S/C22H30.C5H10.C2H6/c1-6-7-8-19-18-10-9-17-15-16(2)11-14-22(17,5)20(18)12-13-21(19,3)4;1-4-5(2)3;1-2/h1,12,15,18-19H,2,7-11,13-14H2,3-5H3;2,4H2,1,3H3;1-2H3. The van der Waals surface area contributed by atoms with Crippen molar-refractivity contribution in [3.8, 4) is 12.3 Å². The lowest BCUT2D eigenvalue weighted by Gasteiger charge is -2.54. The summed E-state index contributed by atoms with van der Waals surface area (Å²) in [5, 5.41) is 0. The van der Waals surface area contributed by atoms with E-state index in [2.05, 4.69) is 58.9 Å². The molecule has 3 unspecified atom stereocenters. The Morgan fingerprint density at radius 2 is 1.86 bits per heavy atom. The third-order valence-corrected chi connectivity index (χ3v) is 7.34. The molecule has 1 fully saturated rings. The Bertz CT molecular complexity index is 675. The van der Waals surface area contributed by atoms with Crippen LogP contribution < -0.4 is 0 Å². The minimum absolute atomic E-state index is 0.301. The molecular formula is C29H46. The molecule has 0 amide bonds. The summed E-state index contributed by atoms with van der Waals surface area (Å²) in [6, 6.07) is 0. The van der Waals surface area contributed by atoms with Crippen molar-refractivity contribution in [2.24, 2.45) is 22.7 Å². The van der Waals surface area contributed by atoms with Crippen LogP contribution in [0.4, 0.5) is 0 Å². The van der Waals surface area contributed by atoms with Crippen LogP contribution in [0.3, 0.4) is 0 Å². The van der Waals surface area contributed by atoms with Gasteiger partial charge in [-0.2, -0.15) is 0 Å². The molecule has 3 atom stereocenters. The molecule has 1 saturated carbocycles. The zero-order valence-corrected chi connectivity index (χ0v) is 20.5. The zero-order chi connectivity index (χ0) is 22.2. The molecule has 0 heterocycles. The molecule has 0 aromatic heterocycles. The first kappa shape index (κ1) is 25.6. The number of allylic oxidation sites excluding steroid dienone is 6. The molecule has 0 heteroatoms. The van der Waals surface area contributed by atoms with Gasteiger partial charge in [0.15, 0.2) is 0 Å². The second kappa shape index (κ2) is 11.1. The molecule has 0 aliphatic heterocycles. The molecule has 0 aromatic carbocycles. The van der Waals surface area contributed by atoms with E-state index in [4.69, 9.17) is 6.42 Å². The Balaban J connectivity index is 0.000000527. The van der Waals surface area contributed by atoms with E-state index in [0.717, 1.165) is 31.1 Å². The van der Waals surface area contributed by atoms with Crippen LogP contribution in [0.15, 0.2) is 47.6 Å². The fourth-order valence-electron chi connectivity index (χ4n) is 5.30. The highest BCUT2D eigenvalue weighted by Gasteiger charge is 2.49. The van der Waals surface area contributed by atoms with Gasteiger partial charge in [-0.1, -0.05) is 82.6 Å². The molecule has 3 aliphatic carbocycles. The maximum atomic E-state index is 5.57. The van der Waals surface area contributed by atoms with E-state index in [0.29, 0.717) is 10.8 Å². The molecule has 3 rings (SSSR count). The summed E-state index contributed by atoms with van der Waals surface area (Å²) < 4.78 is 0. The molecule has 0 radical (unpaired) electrons. The highest BCUT2D eigenvalue weighted by molar-refractivity contribution is 5.42. The van der Waals surface area contributed by atoms with Gasteiger partial charge < -0.3 is 0 Å². The molecule has 162 valence electrons. The van der Waals surface area contributed by atoms with Crippen LogP contribution >= 0.6 is 0 Å². The average Bonchev–Trinajstić information content (AvgIpc) is 2.69. The van der Waals surface area contributed by atoms with Gasteiger partial charge in [-0.05, 0) is 69.1 Å². The van der Waals surface area contributed by atoms with Crippen molar-refractivity contribution in [2.75, 3.05) is 0 Å². The summed E-state index contributed by atoms with van der Waals surface area (Å²) in [4.78, 5) is 0. The van der Waals surface area contributed by atoms with E-state index < -0.39 is 0 Å². The lowest BCUT2D eigenvalue weighted by atomic mass is 9.51. The van der Waals surface area contributed by atoms with Crippen LogP contribution in [0.1, 0.15) is 99.8 Å². The van der Waals surface area contributed by atoms with Crippen molar-refractivity contribution in [3.63, 3.8) is 0 Å². The van der Waals surface area contributed by atoms with Gasteiger partial charge in [0.2, 0.25) is 0 Å². The molecule has 0 nitrogen and oxygen atoms in total. The van der Waals surface area contributed by atoms with Crippen molar-refractivity contribution in [1.29, 1.82) is 0 Å². The van der Waals surface area contributed by atoms with Gasteiger partial charge in [0, 0.05) is 11.8 Å². The predicted octanol–water partition coefficient (Wildman–Crippen LogP) is 9.06.